The van der Waals surface area contributed by atoms with Crippen LogP contribution in [0, 0.1) is 0 Å². The van der Waals surface area contributed by atoms with Crippen LogP contribution in [0.25, 0.3) is 11.1 Å². The summed E-state index contributed by atoms with van der Waals surface area (Å²) >= 11 is 0. The largest absolute Gasteiger partial charge is 0.458 e. The van der Waals surface area contributed by atoms with Crippen molar-refractivity contribution in [2.24, 2.45) is 0 Å². The third kappa shape index (κ3) is 4.39. The number of halogens is 3. The van der Waals surface area contributed by atoms with Gasteiger partial charge in [-0.25, -0.2) is 9.59 Å². The van der Waals surface area contributed by atoms with Crippen molar-refractivity contribution in [3.8, 4) is 11.1 Å². The van der Waals surface area contributed by atoms with Gasteiger partial charge in [-0.2, -0.15) is 13.2 Å². The molecule has 2 aromatic carbocycles. The predicted molar refractivity (Wildman–Crippen MR) is 89.5 cm³/mol. The molecule has 0 unspecified atom stereocenters. The lowest BCUT2D eigenvalue weighted by atomic mass is 10.0. The first kappa shape index (κ1) is 18.8. The number of carbonyl (C=O) groups excluding carboxylic acids is 2. The first-order chi connectivity index (χ1) is 12.7. The predicted octanol–water partition coefficient (Wildman–Crippen LogP) is 3.91. The number of alkyl carbamates (subject to hydrolysis) is 1. The fourth-order valence-electron chi connectivity index (χ4n) is 2.58. The molecule has 2 aromatic rings. The highest BCUT2D eigenvalue weighted by molar-refractivity contribution is 5.86. The van der Waals surface area contributed by atoms with Gasteiger partial charge in [0.15, 0.2) is 6.04 Å². The van der Waals surface area contributed by atoms with Crippen molar-refractivity contribution in [3.05, 3.63) is 59.7 Å². The molecule has 1 aliphatic heterocycles. The molecule has 0 aromatic heterocycles. The first-order valence-electron chi connectivity index (χ1n) is 8.14. The molecule has 0 saturated carbocycles. The van der Waals surface area contributed by atoms with E-state index in [2.05, 4.69) is 5.32 Å². The van der Waals surface area contributed by atoms with Gasteiger partial charge < -0.3 is 14.8 Å². The van der Waals surface area contributed by atoms with Gasteiger partial charge in [-0.1, -0.05) is 36.4 Å². The summed E-state index contributed by atoms with van der Waals surface area (Å²) in [6, 6.07) is 11.0. The topological polar surface area (TPSA) is 64.6 Å². The van der Waals surface area contributed by atoms with E-state index in [1.54, 1.807) is 31.2 Å². The third-order valence-electron chi connectivity index (χ3n) is 4.17. The SMILES string of the molecule is C[C@@H]1OC(=O)[C@@H]1NC(=O)OCc1ccc(-c2ccc(C(F)(F)F)cc2)cc1. The monoisotopic (exact) mass is 379 g/mol. The van der Waals surface area contributed by atoms with Gasteiger partial charge in [0.1, 0.15) is 12.7 Å². The summed E-state index contributed by atoms with van der Waals surface area (Å²) in [5, 5.41) is 2.41. The van der Waals surface area contributed by atoms with Crippen LogP contribution in [0.3, 0.4) is 0 Å². The van der Waals surface area contributed by atoms with Gasteiger partial charge in [-0.15, -0.1) is 0 Å². The molecule has 1 saturated heterocycles. The van der Waals surface area contributed by atoms with E-state index in [0.717, 1.165) is 17.7 Å². The number of benzene rings is 2. The van der Waals surface area contributed by atoms with E-state index < -0.39 is 29.8 Å². The Kier molecular flexibility index (Phi) is 5.07. The normalized spacial score (nSPS) is 19.0. The molecule has 0 spiro atoms. The third-order valence-corrected chi connectivity index (χ3v) is 4.17. The first-order valence-corrected chi connectivity index (χ1v) is 8.14. The Labute approximate surface area is 153 Å². The quantitative estimate of drug-likeness (QED) is 0.818. The van der Waals surface area contributed by atoms with Crippen LogP contribution in [0.1, 0.15) is 18.1 Å². The number of alkyl halides is 3. The maximum absolute atomic E-state index is 12.6. The second kappa shape index (κ2) is 7.30. The summed E-state index contributed by atoms with van der Waals surface area (Å²) in [7, 11) is 0. The number of esters is 1. The molecule has 142 valence electrons. The summed E-state index contributed by atoms with van der Waals surface area (Å²) in [6.07, 6.45) is -5.47. The van der Waals surface area contributed by atoms with Gasteiger partial charge in [-0.3, -0.25) is 0 Å². The molecule has 3 rings (SSSR count). The fraction of sp³-hybridized carbons (Fsp3) is 0.263. The lowest BCUT2D eigenvalue weighted by Crippen LogP contribution is -2.58. The van der Waals surface area contributed by atoms with Crippen LogP contribution >= 0.6 is 0 Å². The fourth-order valence-corrected chi connectivity index (χ4v) is 2.58. The number of hydrogen-bond donors (Lipinski definition) is 1. The van der Waals surface area contributed by atoms with Crippen LogP contribution in [0.15, 0.2) is 48.5 Å². The van der Waals surface area contributed by atoms with Gasteiger partial charge in [0.05, 0.1) is 5.56 Å². The van der Waals surface area contributed by atoms with Crippen LogP contribution in [0.5, 0.6) is 0 Å². The Morgan fingerprint density at radius 1 is 1.07 bits per heavy atom. The molecule has 0 bridgehead atoms. The van der Waals surface area contributed by atoms with Crippen LogP contribution < -0.4 is 5.32 Å². The number of amides is 1. The van der Waals surface area contributed by atoms with Crippen molar-refractivity contribution in [1.82, 2.24) is 5.32 Å². The smallest absolute Gasteiger partial charge is 0.416 e. The number of ether oxygens (including phenoxy) is 2. The molecule has 1 fully saturated rings. The van der Waals surface area contributed by atoms with Gasteiger partial charge >= 0.3 is 18.2 Å². The highest BCUT2D eigenvalue weighted by Crippen LogP contribution is 2.31. The van der Waals surface area contributed by atoms with E-state index in [1.807, 2.05) is 0 Å². The van der Waals surface area contributed by atoms with Crippen LogP contribution in [-0.2, 0) is 27.1 Å². The van der Waals surface area contributed by atoms with Crippen molar-refractivity contribution in [2.75, 3.05) is 0 Å². The maximum Gasteiger partial charge on any atom is 0.416 e. The zero-order valence-corrected chi connectivity index (χ0v) is 14.2. The minimum Gasteiger partial charge on any atom is -0.458 e. The number of hydrogen-bond acceptors (Lipinski definition) is 4. The van der Waals surface area contributed by atoms with Gasteiger partial charge in [0, 0.05) is 0 Å². The molecule has 1 amide bonds. The van der Waals surface area contributed by atoms with Crippen molar-refractivity contribution in [2.45, 2.75) is 31.9 Å². The minimum atomic E-state index is -4.37. The highest BCUT2D eigenvalue weighted by Gasteiger charge is 2.40. The van der Waals surface area contributed by atoms with Gasteiger partial charge in [0.25, 0.3) is 0 Å². The second-order valence-electron chi connectivity index (χ2n) is 6.11. The average Bonchev–Trinajstić information content (AvgIpc) is 2.64. The van der Waals surface area contributed by atoms with Crippen molar-refractivity contribution >= 4 is 12.1 Å². The van der Waals surface area contributed by atoms with E-state index in [9.17, 15) is 22.8 Å². The molecule has 0 aliphatic carbocycles. The van der Waals surface area contributed by atoms with Crippen molar-refractivity contribution < 1.29 is 32.2 Å². The van der Waals surface area contributed by atoms with Crippen molar-refractivity contribution in [1.29, 1.82) is 0 Å². The second-order valence-corrected chi connectivity index (χ2v) is 6.11. The molecule has 27 heavy (non-hydrogen) atoms. The number of rotatable bonds is 4. The molecular weight excluding hydrogens is 363 g/mol. The van der Waals surface area contributed by atoms with Gasteiger partial charge in [-0.05, 0) is 35.7 Å². The van der Waals surface area contributed by atoms with Crippen molar-refractivity contribution in [3.63, 3.8) is 0 Å². The standard InChI is InChI=1S/C19H16F3NO4/c1-11-16(17(24)27-11)23-18(25)26-10-12-2-4-13(5-3-12)14-6-8-15(9-7-14)19(20,21)22/h2-9,11,16H,10H2,1H3,(H,23,25)/t11-,16+/m0/s1. The number of carbonyl (C=O) groups is 2. The van der Waals surface area contributed by atoms with E-state index in [-0.39, 0.29) is 12.7 Å². The molecule has 8 heteroatoms. The van der Waals surface area contributed by atoms with Crippen LogP contribution in [0.4, 0.5) is 18.0 Å². The van der Waals surface area contributed by atoms with E-state index >= 15 is 0 Å². The zero-order chi connectivity index (χ0) is 19.6. The molecule has 2 atom stereocenters. The summed E-state index contributed by atoms with van der Waals surface area (Å²) in [5.74, 6) is -0.500. The Bertz CT molecular complexity index is 832. The summed E-state index contributed by atoms with van der Waals surface area (Å²) < 4.78 is 47.6. The minimum absolute atomic E-state index is 0.00469. The Morgan fingerprint density at radius 3 is 2.11 bits per heavy atom. The zero-order valence-electron chi connectivity index (χ0n) is 14.2. The summed E-state index contributed by atoms with van der Waals surface area (Å²) in [6.45, 7) is 1.65. The summed E-state index contributed by atoms with van der Waals surface area (Å²) in [4.78, 5) is 22.8. The lowest BCUT2D eigenvalue weighted by molar-refractivity contribution is -0.174. The average molecular weight is 379 g/mol. The molecule has 0 radical (unpaired) electrons. The molecule has 5 nitrogen and oxygen atoms in total. The number of cyclic esters (lactones) is 1. The lowest BCUT2D eigenvalue weighted by Gasteiger charge is -2.32. The number of nitrogens with one attached hydrogen (secondary N) is 1. The maximum atomic E-state index is 12.6. The molecular formula is C19H16F3NO4. The van der Waals surface area contributed by atoms with E-state index in [0.29, 0.717) is 11.1 Å². The van der Waals surface area contributed by atoms with Crippen LogP contribution in [-0.4, -0.2) is 24.2 Å². The van der Waals surface area contributed by atoms with E-state index in [4.69, 9.17) is 9.47 Å². The Hall–Kier alpha value is -3.03. The molecule has 1 aliphatic rings. The molecule has 1 N–H and O–H groups in total. The summed E-state index contributed by atoms with van der Waals surface area (Å²) in [5.41, 5.74) is 1.38. The Balaban J connectivity index is 1.55. The Morgan fingerprint density at radius 2 is 1.63 bits per heavy atom. The van der Waals surface area contributed by atoms with Crippen LogP contribution in [0.2, 0.25) is 0 Å². The highest BCUT2D eigenvalue weighted by atomic mass is 19.4. The molecule has 1 heterocycles. The van der Waals surface area contributed by atoms with E-state index in [1.165, 1.54) is 12.1 Å². The van der Waals surface area contributed by atoms with Gasteiger partial charge in [0.2, 0.25) is 0 Å².